The van der Waals surface area contributed by atoms with Gasteiger partial charge in [-0.05, 0) is 6.07 Å². The summed E-state index contributed by atoms with van der Waals surface area (Å²) in [7, 11) is 1.64. The first kappa shape index (κ1) is 11.1. The van der Waals surface area contributed by atoms with Gasteiger partial charge in [-0.2, -0.15) is 0 Å². The Bertz CT molecular complexity index is 471. The Morgan fingerprint density at radius 2 is 1.88 bits per heavy atom. The number of pyridine rings is 1. The molecule has 1 aromatic carbocycles. The predicted molar refractivity (Wildman–Crippen MR) is 65.4 cm³/mol. The molecule has 82 valence electrons. The van der Waals surface area contributed by atoms with Gasteiger partial charge in [-0.25, -0.2) is 4.98 Å². The lowest BCUT2D eigenvalue weighted by atomic mass is 10.1. The zero-order valence-electron chi connectivity index (χ0n) is 8.98. The number of methoxy groups -OCH3 is 1. The van der Waals surface area contributed by atoms with Crippen molar-refractivity contribution >= 4 is 11.6 Å². The van der Waals surface area contributed by atoms with Crippen LogP contribution in [0.4, 0.5) is 0 Å². The van der Waals surface area contributed by atoms with E-state index in [1.807, 2.05) is 42.5 Å². The highest BCUT2D eigenvalue weighted by molar-refractivity contribution is 6.30. The van der Waals surface area contributed by atoms with E-state index in [4.69, 9.17) is 16.3 Å². The highest BCUT2D eigenvalue weighted by atomic mass is 35.5. The maximum atomic E-state index is 6.07. The predicted octanol–water partition coefficient (Wildman–Crippen LogP) is 3.55. The van der Waals surface area contributed by atoms with Gasteiger partial charge in [-0.15, -0.1) is 0 Å². The summed E-state index contributed by atoms with van der Waals surface area (Å²) < 4.78 is 5.03. The van der Waals surface area contributed by atoms with Crippen molar-refractivity contribution in [3.8, 4) is 11.3 Å². The Morgan fingerprint density at radius 1 is 1.12 bits per heavy atom. The number of rotatable bonds is 3. The van der Waals surface area contributed by atoms with E-state index in [-0.39, 0.29) is 0 Å². The second-order valence-electron chi connectivity index (χ2n) is 3.45. The lowest BCUT2D eigenvalue weighted by Gasteiger charge is -2.05. The molecule has 0 radical (unpaired) electrons. The van der Waals surface area contributed by atoms with Crippen LogP contribution >= 0.6 is 11.6 Å². The van der Waals surface area contributed by atoms with Crippen molar-refractivity contribution in [2.24, 2.45) is 0 Å². The zero-order chi connectivity index (χ0) is 11.4. The summed E-state index contributed by atoms with van der Waals surface area (Å²) in [5.74, 6) is 0. The fraction of sp³-hybridized carbons (Fsp3) is 0.154. The molecule has 1 heterocycles. The first-order chi connectivity index (χ1) is 7.81. The number of aromatic nitrogens is 1. The molecule has 2 rings (SSSR count). The van der Waals surface area contributed by atoms with Gasteiger partial charge in [0, 0.05) is 18.2 Å². The van der Waals surface area contributed by atoms with Crippen LogP contribution in [0.2, 0.25) is 5.15 Å². The Morgan fingerprint density at radius 3 is 2.50 bits per heavy atom. The first-order valence-corrected chi connectivity index (χ1v) is 5.39. The van der Waals surface area contributed by atoms with Gasteiger partial charge in [-0.3, -0.25) is 0 Å². The Kier molecular flexibility index (Phi) is 3.54. The molecule has 0 fully saturated rings. The van der Waals surface area contributed by atoms with E-state index in [1.54, 1.807) is 7.11 Å². The standard InChI is InChI=1S/C13H12ClNO/c1-16-9-11-7-8-12(15-13(11)14)10-5-3-2-4-6-10/h2-8H,9H2,1H3. The van der Waals surface area contributed by atoms with Gasteiger partial charge < -0.3 is 4.74 Å². The molecule has 0 unspecified atom stereocenters. The Hall–Kier alpha value is -1.38. The van der Waals surface area contributed by atoms with E-state index in [2.05, 4.69) is 4.98 Å². The first-order valence-electron chi connectivity index (χ1n) is 5.01. The summed E-state index contributed by atoms with van der Waals surface area (Å²) in [5.41, 5.74) is 2.85. The molecular formula is C13H12ClNO. The lowest BCUT2D eigenvalue weighted by Crippen LogP contribution is -1.93. The van der Waals surface area contributed by atoms with Gasteiger partial charge in [0.1, 0.15) is 5.15 Å². The van der Waals surface area contributed by atoms with Crippen molar-refractivity contribution < 1.29 is 4.74 Å². The van der Waals surface area contributed by atoms with Crippen LogP contribution in [0.25, 0.3) is 11.3 Å². The summed E-state index contributed by atoms with van der Waals surface area (Å²) in [6.07, 6.45) is 0. The Labute approximate surface area is 99.9 Å². The molecule has 0 atom stereocenters. The molecule has 0 bridgehead atoms. The van der Waals surface area contributed by atoms with Crippen molar-refractivity contribution in [3.05, 3.63) is 53.2 Å². The van der Waals surface area contributed by atoms with Gasteiger partial charge >= 0.3 is 0 Å². The zero-order valence-corrected chi connectivity index (χ0v) is 9.74. The molecule has 2 aromatic rings. The average molecular weight is 234 g/mol. The number of ether oxygens (including phenoxy) is 1. The van der Waals surface area contributed by atoms with Crippen LogP contribution in [-0.4, -0.2) is 12.1 Å². The maximum Gasteiger partial charge on any atom is 0.135 e. The largest absolute Gasteiger partial charge is 0.380 e. The molecule has 1 aromatic heterocycles. The minimum Gasteiger partial charge on any atom is -0.380 e. The van der Waals surface area contributed by atoms with Gasteiger partial charge in [0.25, 0.3) is 0 Å². The molecule has 0 aliphatic carbocycles. The third kappa shape index (κ3) is 2.40. The van der Waals surface area contributed by atoms with Crippen molar-refractivity contribution in [2.45, 2.75) is 6.61 Å². The number of hydrogen-bond acceptors (Lipinski definition) is 2. The lowest BCUT2D eigenvalue weighted by molar-refractivity contribution is 0.184. The molecule has 0 spiro atoms. The molecule has 0 amide bonds. The van der Waals surface area contributed by atoms with E-state index < -0.39 is 0 Å². The smallest absolute Gasteiger partial charge is 0.135 e. The minimum atomic E-state index is 0.487. The number of hydrogen-bond donors (Lipinski definition) is 0. The topological polar surface area (TPSA) is 22.1 Å². The van der Waals surface area contributed by atoms with Gasteiger partial charge in [0.15, 0.2) is 0 Å². The molecule has 0 aliphatic heterocycles. The van der Waals surface area contributed by atoms with Crippen LogP contribution < -0.4 is 0 Å². The van der Waals surface area contributed by atoms with E-state index in [1.165, 1.54) is 0 Å². The SMILES string of the molecule is COCc1ccc(-c2ccccc2)nc1Cl. The number of benzene rings is 1. The third-order valence-electron chi connectivity index (χ3n) is 2.30. The summed E-state index contributed by atoms with van der Waals surface area (Å²) in [6, 6.07) is 13.9. The molecule has 0 aliphatic rings. The van der Waals surface area contributed by atoms with Crippen LogP contribution in [0.1, 0.15) is 5.56 Å². The highest BCUT2D eigenvalue weighted by Gasteiger charge is 2.04. The Balaban J connectivity index is 2.35. The summed E-state index contributed by atoms with van der Waals surface area (Å²) in [4.78, 5) is 4.35. The molecule has 0 saturated carbocycles. The molecule has 0 saturated heterocycles. The maximum absolute atomic E-state index is 6.07. The summed E-state index contributed by atoms with van der Waals surface area (Å²) >= 11 is 6.07. The molecule has 0 N–H and O–H groups in total. The number of nitrogens with zero attached hydrogens (tertiary/aromatic N) is 1. The van der Waals surface area contributed by atoms with Gasteiger partial charge in [0.05, 0.1) is 12.3 Å². The van der Waals surface area contributed by atoms with Crippen molar-refractivity contribution in [2.75, 3.05) is 7.11 Å². The van der Waals surface area contributed by atoms with Gasteiger partial charge in [0.2, 0.25) is 0 Å². The van der Waals surface area contributed by atoms with Crippen molar-refractivity contribution in [1.29, 1.82) is 0 Å². The second kappa shape index (κ2) is 5.10. The number of halogens is 1. The summed E-state index contributed by atoms with van der Waals surface area (Å²) in [6.45, 7) is 0.487. The second-order valence-corrected chi connectivity index (χ2v) is 3.80. The molecular weight excluding hydrogens is 222 g/mol. The van der Waals surface area contributed by atoms with Gasteiger partial charge in [-0.1, -0.05) is 48.0 Å². The average Bonchev–Trinajstić information content (AvgIpc) is 2.33. The minimum absolute atomic E-state index is 0.487. The van der Waals surface area contributed by atoms with Crippen molar-refractivity contribution in [3.63, 3.8) is 0 Å². The van der Waals surface area contributed by atoms with E-state index in [0.29, 0.717) is 11.8 Å². The van der Waals surface area contributed by atoms with Crippen LogP contribution in [-0.2, 0) is 11.3 Å². The van der Waals surface area contributed by atoms with Crippen molar-refractivity contribution in [1.82, 2.24) is 4.98 Å². The van der Waals surface area contributed by atoms with Crippen LogP contribution in [0.3, 0.4) is 0 Å². The third-order valence-corrected chi connectivity index (χ3v) is 2.62. The van der Waals surface area contributed by atoms with Crippen LogP contribution in [0.5, 0.6) is 0 Å². The highest BCUT2D eigenvalue weighted by Crippen LogP contribution is 2.21. The monoisotopic (exact) mass is 233 g/mol. The van der Waals surface area contributed by atoms with Crippen LogP contribution in [0.15, 0.2) is 42.5 Å². The quantitative estimate of drug-likeness (QED) is 0.757. The molecule has 2 nitrogen and oxygen atoms in total. The molecule has 16 heavy (non-hydrogen) atoms. The normalized spacial score (nSPS) is 10.4. The van der Waals surface area contributed by atoms with E-state index in [9.17, 15) is 0 Å². The fourth-order valence-corrected chi connectivity index (χ4v) is 1.70. The molecule has 3 heteroatoms. The fourth-order valence-electron chi connectivity index (χ4n) is 1.50. The van der Waals surface area contributed by atoms with E-state index >= 15 is 0 Å². The van der Waals surface area contributed by atoms with E-state index in [0.717, 1.165) is 16.8 Å². The van der Waals surface area contributed by atoms with Crippen LogP contribution in [0, 0.1) is 0 Å². The summed E-state index contributed by atoms with van der Waals surface area (Å²) in [5, 5.41) is 0.503.